The number of carboxylic acids is 1. The van der Waals surface area contributed by atoms with Crippen LogP contribution in [0.5, 0.6) is 0 Å². The fraction of sp³-hybridized carbons (Fsp3) is 0.333. The van der Waals surface area contributed by atoms with Crippen LogP contribution in [0.4, 0.5) is 13.2 Å². The Kier molecular flexibility index (Phi) is 3.59. The number of carbonyl (C=O) groups is 1. The summed E-state index contributed by atoms with van der Waals surface area (Å²) in [5.74, 6) is -1.10. The van der Waals surface area contributed by atoms with E-state index >= 15 is 0 Å². The third-order valence-corrected chi connectivity index (χ3v) is 3.68. The van der Waals surface area contributed by atoms with Gasteiger partial charge < -0.3 is 5.11 Å². The van der Waals surface area contributed by atoms with Crippen molar-refractivity contribution in [2.24, 2.45) is 0 Å². The number of aromatic carboxylic acids is 1. The van der Waals surface area contributed by atoms with E-state index in [1.165, 1.54) is 16.8 Å². The Morgan fingerprint density at radius 1 is 1.40 bits per heavy atom. The van der Waals surface area contributed by atoms with Crippen LogP contribution in [0.3, 0.4) is 0 Å². The summed E-state index contributed by atoms with van der Waals surface area (Å²) in [7, 11) is 0. The number of rotatable bonds is 3. The van der Waals surface area contributed by atoms with Crippen LogP contribution < -0.4 is 0 Å². The van der Waals surface area contributed by atoms with Crippen molar-refractivity contribution in [3.05, 3.63) is 28.8 Å². The lowest BCUT2D eigenvalue weighted by Gasteiger charge is -2.09. The summed E-state index contributed by atoms with van der Waals surface area (Å²) in [6.07, 6.45) is -4.53. The van der Waals surface area contributed by atoms with Gasteiger partial charge in [0.15, 0.2) is 5.69 Å². The molecule has 0 unspecified atom stereocenters. The number of halogens is 3. The van der Waals surface area contributed by atoms with E-state index < -0.39 is 17.8 Å². The molecule has 0 aliphatic heterocycles. The Morgan fingerprint density at radius 3 is 2.50 bits per heavy atom. The lowest BCUT2D eigenvalue weighted by atomic mass is 10.3. The van der Waals surface area contributed by atoms with Crippen LogP contribution in [0.1, 0.15) is 35.3 Å². The summed E-state index contributed by atoms with van der Waals surface area (Å²) < 4.78 is 39.4. The van der Waals surface area contributed by atoms with Gasteiger partial charge in [0, 0.05) is 6.04 Å². The zero-order valence-electron chi connectivity index (χ0n) is 10.6. The second kappa shape index (κ2) is 4.93. The highest BCUT2D eigenvalue weighted by atomic mass is 32.1. The van der Waals surface area contributed by atoms with E-state index in [0.717, 1.165) is 17.4 Å². The highest BCUT2D eigenvalue weighted by Gasteiger charge is 2.35. The van der Waals surface area contributed by atoms with Crippen LogP contribution >= 0.6 is 11.3 Å². The van der Waals surface area contributed by atoms with E-state index in [9.17, 15) is 18.0 Å². The highest BCUT2D eigenvalue weighted by Crippen LogP contribution is 2.35. The number of hydrogen-bond donors (Lipinski definition) is 1. The van der Waals surface area contributed by atoms with Crippen molar-refractivity contribution in [1.29, 1.82) is 0 Å². The predicted molar refractivity (Wildman–Crippen MR) is 67.9 cm³/mol. The minimum absolute atomic E-state index is 0.0741. The predicted octanol–water partition coefficient (Wildman–Crippen LogP) is 3.91. The van der Waals surface area contributed by atoms with Gasteiger partial charge in [0.1, 0.15) is 4.88 Å². The van der Waals surface area contributed by atoms with Crippen LogP contribution in [0.25, 0.3) is 10.6 Å². The first-order chi connectivity index (χ1) is 9.20. The van der Waals surface area contributed by atoms with Crippen LogP contribution in [0.2, 0.25) is 0 Å². The molecule has 0 fully saturated rings. The van der Waals surface area contributed by atoms with Crippen molar-refractivity contribution in [3.8, 4) is 10.6 Å². The second-order valence-electron chi connectivity index (χ2n) is 4.42. The SMILES string of the molecule is CC(C)n1nc(C(F)(F)F)cc1-c1ccc(C(=O)O)s1. The molecule has 2 heterocycles. The largest absolute Gasteiger partial charge is 0.477 e. The molecule has 0 aromatic carbocycles. The monoisotopic (exact) mass is 304 g/mol. The number of aromatic nitrogens is 2. The van der Waals surface area contributed by atoms with E-state index in [1.807, 2.05) is 0 Å². The molecule has 0 radical (unpaired) electrons. The van der Waals surface area contributed by atoms with Gasteiger partial charge in [-0.25, -0.2) is 4.79 Å². The molecule has 1 N–H and O–H groups in total. The lowest BCUT2D eigenvalue weighted by molar-refractivity contribution is -0.141. The summed E-state index contributed by atoms with van der Waals surface area (Å²) in [5.41, 5.74) is -0.712. The molecule has 108 valence electrons. The second-order valence-corrected chi connectivity index (χ2v) is 5.50. The summed E-state index contributed by atoms with van der Waals surface area (Å²) >= 11 is 0.922. The number of carboxylic acid groups (broad SMARTS) is 1. The van der Waals surface area contributed by atoms with Crippen LogP contribution in [0, 0.1) is 0 Å². The number of thiophene rings is 1. The first-order valence-electron chi connectivity index (χ1n) is 5.70. The Labute approximate surface area is 116 Å². The molecular formula is C12H11F3N2O2S. The smallest absolute Gasteiger partial charge is 0.435 e. The molecule has 4 nitrogen and oxygen atoms in total. The van der Waals surface area contributed by atoms with Crippen molar-refractivity contribution in [3.63, 3.8) is 0 Å². The molecule has 0 aliphatic carbocycles. The molecule has 2 rings (SSSR count). The van der Waals surface area contributed by atoms with Gasteiger partial charge in [0.2, 0.25) is 0 Å². The summed E-state index contributed by atoms with van der Waals surface area (Å²) in [6.45, 7) is 3.42. The van der Waals surface area contributed by atoms with Gasteiger partial charge in [0.25, 0.3) is 0 Å². The molecule has 0 spiro atoms. The van der Waals surface area contributed by atoms with Crippen molar-refractivity contribution < 1.29 is 23.1 Å². The van der Waals surface area contributed by atoms with E-state index in [2.05, 4.69) is 5.10 Å². The van der Waals surface area contributed by atoms with Crippen LogP contribution in [-0.2, 0) is 6.18 Å². The van der Waals surface area contributed by atoms with E-state index in [1.54, 1.807) is 13.8 Å². The average molecular weight is 304 g/mol. The molecule has 8 heteroatoms. The molecule has 0 saturated heterocycles. The number of alkyl halides is 3. The number of nitrogens with zero attached hydrogens (tertiary/aromatic N) is 2. The van der Waals surface area contributed by atoms with Gasteiger partial charge in [-0.1, -0.05) is 0 Å². The summed E-state index contributed by atoms with van der Waals surface area (Å²) in [4.78, 5) is 11.4. The third-order valence-electron chi connectivity index (χ3n) is 2.58. The van der Waals surface area contributed by atoms with Gasteiger partial charge in [-0.2, -0.15) is 18.3 Å². The molecule has 0 aliphatic rings. The van der Waals surface area contributed by atoms with Crippen molar-refractivity contribution in [2.45, 2.75) is 26.1 Å². The van der Waals surface area contributed by atoms with E-state index in [4.69, 9.17) is 5.11 Å². The first kappa shape index (κ1) is 14.6. The third kappa shape index (κ3) is 2.69. The standard InChI is InChI=1S/C12H11F3N2O2S/c1-6(2)17-7(5-10(16-17)12(13,14)15)8-3-4-9(20-8)11(18)19/h3-6H,1-2H3,(H,18,19). The fourth-order valence-electron chi connectivity index (χ4n) is 1.70. The zero-order valence-corrected chi connectivity index (χ0v) is 11.4. The van der Waals surface area contributed by atoms with Crippen molar-refractivity contribution >= 4 is 17.3 Å². The molecule has 2 aromatic rings. The Bertz CT molecular complexity index is 643. The fourth-order valence-corrected chi connectivity index (χ4v) is 2.55. The van der Waals surface area contributed by atoms with Gasteiger partial charge in [-0.05, 0) is 32.0 Å². The van der Waals surface area contributed by atoms with Crippen LogP contribution in [-0.4, -0.2) is 20.9 Å². The van der Waals surface area contributed by atoms with Crippen molar-refractivity contribution in [2.75, 3.05) is 0 Å². The maximum Gasteiger partial charge on any atom is 0.435 e. The molecule has 0 bridgehead atoms. The molecular weight excluding hydrogens is 293 g/mol. The first-order valence-corrected chi connectivity index (χ1v) is 6.52. The normalized spacial score (nSPS) is 12.1. The molecule has 2 aromatic heterocycles. The Morgan fingerprint density at radius 2 is 2.05 bits per heavy atom. The minimum Gasteiger partial charge on any atom is -0.477 e. The maximum atomic E-state index is 12.7. The molecule has 0 atom stereocenters. The molecule has 0 saturated carbocycles. The number of hydrogen-bond acceptors (Lipinski definition) is 3. The van der Waals surface area contributed by atoms with E-state index in [0.29, 0.717) is 4.88 Å². The average Bonchev–Trinajstić information content (AvgIpc) is 2.94. The molecule has 0 amide bonds. The molecule has 20 heavy (non-hydrogen) atoms. The van der Waals surface area contributed by atoms with E-state index in [-0.39, 0.29) is 16.6 Å². The quantitative estimate of drug-likeness (QED) is 0.935. The Balaban J connectivity index is 2.54. The lowest BCUT2D eigenvalue weighted by Crippen LogP contribution is -2.09. The highest BCUT2D eigenvalue weighted by molar-refractivity contribution is 7.17. The maximum absolute atomic E-state index is 12.7. The minimum atomic E-state index is -4.53. The van der Waals surface area contributed by atoms with Crippen molar-refractivity contribution in [1.82, 2.24) is 9.78 Å². The topological polar surface area (TPSA) is 55.1 Å². The van der Waals surface area contributed by atoms with Gasteiger partial charge >= 0.3 is 12.1 Å². The van der Waals surface area contributed by atoms with Crippen LogP contribution in [0.15, 0.2) is 18.2 Å². The van der Waals surface area contributed by atoms with Gasteiger partial charge in [-0.3, -0.25) is 4.68 Å². The summed E-state index contributed by atoms with van der Waals surface area (Å²) in [6, 6.07) is 3.53. The Hall–Kier alpha value is -1.83. The zero-order chi connectivity index (χ0) is 15.1. The summed E-state index contributed by atoms with van der Waals surface area (Å²) in [5, 5.41) is 12.4. The van der Waals surface area contributed by atoms with Gasteiger partial charge in [-0.15, -0.1) is 11.3 Å². The van der Waals surface area contributed by atoms with Gasteiger partial charge in [0.05, 0.1) is 10.6 Å².